The van der Waals surface area contributed by atoms with E-state index in [-0.39, 0.29) is 5.91 Å². The van der Waals surface area contributed by atoms with E-state index in [0.717, 1.165) is 21.0 Å². The molecule has 1 N–H and O–H groups in total. The van der Waals surface area contributed by atoms with Crippen molar-refractivity contribution in [3.8, 4) is 0 Å². The molecule has 1 aromatic heterocycles. The first-order chi connectivity index (χ1) is 11.6. The Morgan fingerprint density at radius 3 is 2.79 bits per heavy atom. The smallest absolute Gasteiger partial charge is 0.221 e. The van der Waals surface area contributed by atoms with Gasteiger partial charge in [-0.25, -0.2) is 4.98 Å². The van der Waals surface area contributed by atoms with Crippen LogP contribution in [0.3, 0.4) is 0 Å². The summed E-state index contributed by atoms with van der Waals surface area (Å²) >= 11 is 3.36. The molecule has 24 heavy (non-hydrogen) atoms. The summed E-state index contributed by atoms with van der Waals surface area (Å²) in [6.07, 6.45) is 0.516. The maximum atomic E-state index is 12.0. The number of rotatable bonds is 6. The van der Waals surface area contributed by atoms with Gasteiger partial charge in [0.1, 0.15) is 5.01 Å². The fourth-order valence-corrected chi connectivity index (χ4v) is 4.18. The Labute approximate surface area is 150 Å². The maximum Gasteiger partial charge on any atom is 0.221 e. The van der Waals surface area contributed by atoms with Crippen LogP contribution in [0.2, 0.25) is 0 Å². The third-order valence-corrected chi connectivity index (χ3v) is 5.88. The molecule has 0 radical (unpaired) electrons. The number of hydrogen-bond donors (Lipinski definition) is 1. The van der Waals surface area contributed by atoms with E-state index in [0.29, 0.717) is 13.0 Å². The van der Waals surface area contributed by atoms with Crippen LogP contribution in [0.15, 0.2) is 47.4 Å². The number of nitrogens with zero attached hydrogens (tertiary/aromatic N) is 1. The molecule has 2 aromatic carbocycles. The number of thiazole rings is 1. The van der Waals surface area contributed by atoms with Gasteiger partial charge in [0.05, 0.1) is 16.8 Å². The number of fused-ring (bicyclic) bond motifs is 1. The van der Waals surface area contributed by atoms with E-state index in [1.165, 1.54) is 16.0 Å². The molecule has 0 spiro atoms. The van der Waals surface area contributed by atoms with Crippen LogP contribution in [0.1, 0.15) is 22.6 Å². The van der Waals surface area contributed by atoms with Gasteiger partial charge < -0.3 is 5.32 Å². The zero-order chi connectivity index (χ0) is 16.9. The number of para-hydroxylation sites is 1. The third kappa shape index (κ3) is 4.36. The third-order valence-electron chi connectivity index (χ3n) is 3.85. The monoisotopic (exact) mass is 356 g/mol. The Morgan fingerprint density at radius 2 is 2.00 bits per heavy atom. The lowest BCUT2D eigenvalue weighted by atomic mass is 10.1. The quantitative estimate of drug-likeness (QED) is 0.650. The average Bonchev–Trinajstić information content (AvgIpc) is 2.99. The Bertz CT molecular complexity index is 824. The summed E-state index contributed by atoms with van der Waals surface area (Å²) in [6.45, 7) is 4.73. The summed E-state index contributed by atoms with van der Waals surface area (Å²) in [5.74, 6) is 0.861. The summed E-state index contributed by atoms with van der Waals surface area (Å²) in [4.78, 5) is 17.7. The van der Waals surface area contributed by atoms with E-state index in [2.05, 4.69) is 48.4 Å². The molecule has 0 aliphatic carbocycles. The van der Waals surface area contributed by atoms with Gasteiger partial charge in [-0.05, 0) is 49.2 Å². The van der Waals surface area contributed by atoms with E-state index >= 15 is 0 Å². The first-order valence-corrected chi connectivity index (χ1v) is 9.73. The van der Waals surface area contributed by atoms with Crippen molar-refractivity contribution in [1.82, 2.24) is 10.3 Å². The second-order valence-corrected chi connectivity index (χ2v) is 7.98. The molecular weight excluding hydrogens is 336 g/mol. The van der Waals surface area contributed by atoms with Gasteiger partial charge in [-0.2, -0.15) is 0 Å². The molecule has 0 aliphatic heterocycles. The molecule has 3 aromatic rings. The molecule has 0 bridgehead atoms. The molecule has 5 heteroatoms. The van der Waals surface area contributed by atoms with Gasteiger partial charge in [0.15, 0.2) is 0 Å². The van der Waals surface area contributed by atoms with Crippen LogP contribution in [0.4, 0.5) is 0 Å². The van der Waals surface area contributed by atoms with E-state index in [4.69, 9.17) is 0 Å². The van der Waals surface area contributed by atoms with Crippen LogP contribution < -0.4 is 5.32 Å². The summed E-state index contributed by atoms with van der Waals surface area (Å²) in [7, 11) is 0. The Kier molecular flexibility index (Phi) is 5.53. The lowest BCUT2D eigenvalue weighted by molar-refractivity contribution is -0.120. The lowest BCUT2D eigenvalue weighted by Crippen LogP contribution is -2.22. The largest absolute Gasteiger partial charge is 0.350 e. The van der Waals surface area contributed by atoms with Gasteiger partial charge >= 0.3 is 0 Å². The number of aromatic nitrogens is 1. The molecule has 3 rings (SSSR count). The summed E-state index contributed by atoms with van der Waals surface area (Å²) < 4.78 is 1.16. The molecule has 124 valence electrons. The number of aryl methyl sites for hydroxylation is 2. The highest BCUT2D eigenvalue weighted by Crippen LogP contribution is 2.22. The number of carbonyl (C=O) groups is 1. The molecule has 0 unspecified atom stereocenters. The number of amides is 1. The maximum absolute atomic E-state index is 12.0. The summed E-state index contributed by atoms with van der Waals surface area (Å²) in [5, 5.41) is 3.91. The number of thioether (sulfide) groups is 1. The van der Waals surface area contributed by atoms with Crippen molar-refractivity contribution in [2.45, 2.75) is 31.7 Å². The van der Waals surface area contributed by atoms with Crippen LogP contribution in [0, 0.1) is 13.8 Å². The van der Waals surface area contributed by atoms with Gasteiger partial charge in [0.25, 0.3) is 0 Å². The Balaban J connectivity index is 1.44. The minimum Gasteiger partial charge on any atom is -0.350 e. The highest BCUT2D eigenvalue weighted by Gasteiger charge is 2.06. The predicted octanol–water partition coefficient (Wildman–Crippen LogP) is 4.71. The molecule has 1 amide bonds. The van der Waals surface area contributed by atoms with Gasteiger partial charge in [-0.15, -0.1) is 23.1 Å². The predicted molar refractivity (Wildman–Crippen MR) is 103 cm³/mol. The van der Waals surface area contributed by atoms with Crippen LogP contribution in [-0.2, 0) is 11.3 Å². The van der Waals surface area contributed by atoms with Crippen molar-refractivity contribution in [1.29, 1.82) is 0 Å². The van der Waals surface area contributed by atoms with E-state index < -0.39 is 0 Å². The highest BCUT2D eigenvalue weighted by molar-refractivity contribution is 7.99. The molecule has 0 atom stereocenters. The van der Waals surface area contributed by atoms with Crippen LogP contribution in [-0.4, -0.2) is 16.6 Å². The standard InChI is InChI=1S/C19H20N2OS2/c1-13-7-8-15(11-14(13)2)23-10-9-18(22)20-12-19-21-16-5-3-4-6-17(16)24-19/h3-8,11H,9-10,12H2,1-2H3,(H,20,22). The van der Waals surface area contributed by atoms with Gasteiger partial charge in [-0.1, -0.05) is 18.2 Å². The number of nitrogens with one attached hydrogen (secondary N) is 1. The topological polar surface area (TPSA) is 42.0 Å². The molecule has 1 heterocycles. The molecule has 0 fully saturated rings. The molecule has 0 saturated heterocycles. The van der Waals surface area contributed by atoms with Crippen molar-refractivity contribution in [3.05, 3.63) is 58.6 Å². The fraction of sp³-hybridized carbons (Fsp3) is 0.263. The SMILES string of the molecule is Cc1ccc(SCCC(=O)NCc2nc3ccccc3s2)cc1C. The van der Waals surface area contributed by atoms with Crippen LogP contribution in [0.25, 0.3) is 10.2 Å². The second-order valence-electron chi connectivity index (χ2n) is 5.70. The van der Waals surface area contributed by atoms with Crippen molar-refractivity contribution in [2.75, 3.05) is 5.75 Å². The second kappa shape index (κ2) is 7.81. The van der Waals surface area contributed by atoms with E-state index in [1.807, 2.05) is 18.2 Å². The average molecular weight is 357 g/mol. The number of hydrogen-bond acceptors (Lipinski definition) is 4. The normalized spacial score (nSPS) is 10.9. The van der Waals surface area contributed by atoms with Crippen molar-refractivity contribution >= 4 is 39.2 Å². The first-order valence-electron chi connectivity index (χ1n) is 7.93. The molecule has 3 nitrogen and oxygen atoms in total. The number of carbonyl (C=O) groups excluding carboxylic acids is 1. The Morgan fingerprint density at radius 1 is 1.17 bits per heavy atom. The van der Waals surface area contributed by atoms with E-state index in [9.17, 15) is 4.79 Å². The fourth-order valence-electron chi connectivity index (χ4n) is 2.32. The molecule has 0 saturated carbocycles. The summed E-state index contributed by atoms with van der Waals surface area (Å²) in [6, 6.07) is 14.5. The van der Waals surface area contributed by atoms with Crippen LogP contribution in [0.5, 0.6) is 0 Å². The van der Waals surface area contributed by atoms with E-state index in [1.54, 1.807) is 23.1 Å². The number of benzene rings is 2. The van der Waals surface area contributed by atoms with Crippen LogP contribution >= 0.6 is 23.1 Å². The Hall–Kier alpha value is -1.85. The van der Waals surface area contributed by atoms with Crippen molar-refractivity contribution in [3.63, 3.8) is 0 Å². The van der Waals surface area contributed by atoms with Crippen molar-refractivity contribution in [2.24, 2.45) is 0 Å². The van der Waals surface area contributed by atoms with Gasteiger partial charge in [-0.3, -0.25) is 4.79 Å². The zero-order valence-corrected chi connectivity index (χ0v) is 15.5. The van der Waals surface area contributed by atoms with Crippen molar-refractivity contribution < 1.29 is 4.79 Å². The van der Waals surface area contributed by atoms with Gasteiger partial charge in [0.2, 0.25) is 5.91 Å². The zero-order valence-electron chi connectivity index (χ0n) is 13.8. The lowest BCUT2D eigenvalue weighted by Gasteiger charge is -2.05. The van der Waals surface area contributed by atoms with Gasteiger partial charge in [0, 0.05) is 17.1 Å². The first kappa shape index (κ1) is 17.0. The highest BCUT2D eigenvalue weighted by atomic mass is 32.2. The molecular formula is C19H20N2OS2. The minimum absolute atomic E-state index is 0.0746. The summed E-state index contributed by atoms with van der Waals surface area (Å²) in [5.41, 5.74) is 3.59. The minimum atomic E-state index is 0.0746. The molecule has 0 aliphatic rings.